The van der Waals surface area contributed by atoms with Gasteiger partial charge in [-0.3, -0.25) is 14.6 Å². The Labute approximate surface area is 195 Å². The van der Waals surface area contributed by atoms with Gasteiger partial charge in [0.05, 0.1) is 10.4 Å². The van der Waals surface area contributed by atoms with Crippen molar-refractivity contribution in [2.45, 2.75) is 24.9 Å². The number of aryl methyl sites for hydroxylation is 1. The number of halogens is 1. The molecule has 0 radical (unpaired) electrons. The Bertz CT molecular complexity index is 1520. The lowest BCUT2D eigenvalue weighted by Crippen LogP contribution is -2.24. The number of para-hydroxylation sites is 1. The van der Waals surface area contributed by atoms with Gasteiger partial charge in [-0.25, -0.2) is 17.5 Å². The summed E-state index contributed by atoms with van der Waals surface area (Å²) in [6.07, 6.45) is 3.17. The Balaban J connectivity index is 1.47. The molecule has 2 N–H and O–H groups in total. The molecule has 2 heterocycles. The molecular formula is C24H21FN4O4S. The quantitative estimate of drug-likeness (QED) is 0.423. The summed E-state index contributed by atoms with van der Waals surface area (Å²) in [4.78, 5) is 28.8. The van der Waals surface area contributed by atoms with E-state index in [1.165, 1.54) is 53.1 Å². The van der Waals surface area contributed by atoms with Crippen molar-refractivity contribution in [3.8, 4) is 0 Å². The van der Waals surface area contributed by atoms with Crippen molar-refractivity contribution in [3.05, 3.63) is 100 Å². The Hall–Kier alpha value is -3.89. The summed E-state index contributed by atoms with van der Waals surface area (Å²) in [5, 5.41) is 2.86. The van der Waals surface area contributed by atoms with Crippen LogP contribution < -0.4 is 15.5 Å². The van der Waals surface area contributed by atoms with Crippen LogP contribution >= 0.6 is 0 Å². The van der Waals surface area contributed by atoms with Gasteiger partial charge >= 0.3 is 0 Å². The molecule has 0 aliphatic heterocycles. The SMILES string of the molecule is Cc1cc(=O)c2cccc(F)c2n1CC(=O)Nc1ccc(S(=O)(=O)NCc2cccnc2)cc1. The molecule has 1 amide bonds. The highest BCUT2D eigenvalue weighted by molar-refractivity contribution is 7.89. The molecule has 0 bridgehead atoms. The van der Waals surface area contributed by atoms with Gasteiger partial charge in [-0.05, 0) is 55.0 Å². The summed E-state index contributed by atoms with van der Waals surface area (Å²) in [7, 11) is -3.76. The minimum atomic E-state index is -3.76. The number of aromatic nitrogens is 2. The highest BCUT2D eigenvalue weighted by Gasteiger charge is 2.16. The number of rotatable bonds is 7. The van der Waals surface area contributed by atoms with Crippen molar-refractivity contribution >= 4 is 32.5 Å². The van der Waals surface area contributed by atoms with E-state index >= 15 is 0 Å². The third-order valence-electron chi connectivity index (χ3n) is 5.23. The fourth-order valence-corrected chi connectivity index (χ4v) is 4.56. The first kappa shape index (κ1) is 23.3. The van der Waals surface area contributed by atoms with E-state index in [4.69, 9.17) is 0 Å². The third-order valence-corrected chi connectivity index (χ3v) is 6.64. The van der Waals surface area contributed by atoms with E-state index in [1.54, 1.807) is 31.5 Å². The van der Waals surface area contributed by atoms with Crippen LogP contribution in [-0.2, 0) is 27.9 Å². The maximum atomic E-state index is 14.5. The van der Waals surface area contributed by atoms with E-state index in [-0.39, 0.29) is 34.3 Å². The number of anilines is 1. The van der Waals surface area contributed by atoms with E-state index < -0.39 is 21.7 Å². The van der Waals surface area contributed by atoms with Crippen LogP contribution in [0.1, 0.15) is 11.3 Å². The maximum absolute atomic E-state index is 14.5. The minimum absolute atomic E-state index is 0.0405. The lowest BCUT2D eigenvalue weighted by Gasteiger charge is -2.15. The summed E-state index contributed by atoms with van der Waals surface area (Å²) < 4.78 is 43.4. The average Bonchev–Trinajstić information content (AvgIpc) is 2.82. The van der Waals surface area contributed by atoms with Crippen molar-refractivity contribution in [3.63, 3.8) is 0 Å². The van der Waals surface area contributed by atoms with Gasteiger partial charge in [0.15, 0.2) is 5.43 Å². The summed E-state index contributed by atoms with van der Waals surface area (Å²) in [6.45, 7) is 1.49. The first-order chi connectivity index (χ1) is 16.2. The van der Waals surface area contributed by atoms with E-state index in [1.807, 2.05) is 0 Å². The van der Waals surface area contributed by atoms with Crippen LogP contribution in [0.3, 0.4) is 0 Å². The molecule has 4 rings (SSSR count). The number of benzene rings is 2. The van der Waals surface area contributed by atoms with Gasteiger partial charge < -0.3 is 9.88 Å². The third kappa shape index (κ3) is 5.03. The average molecular weight is 481 g/mol. The van der Waals surface area contributed by atoms with Crippen molar-refractivity contribution in [1.29, 1.82) is 0 Å². The van der Waals surface area contributed by atoms with Gasteiger partial charge in [0.2, 0.25) is 15.9 Å². The van der Waals surface area contributed by atoms with Gasteiger partial charge in [0, 0.05) is 41.8 Å². The highest BCUT2D eigenvalue weighted by Crippen LogP contribution is 2.18. The molecule has 4 aromatic rings. The van der Waals surface area contributed by atoms with Crippen LogP contribution in [0, 0.1) is 12.7 Å². The van der Waals surface area contributed by atoms with E-state index in [0.29, 0.717) is 11.4 Å². The molecule has 0 aliphatic carbocycles. The molecule has 0 spiro atoms. The van der Waals surface area contributed by atoms with Crippen molar-refractivity contribution in [1.82, 2.24) is 14.3 Å². The van der Waals surface area contributed by atoms with Crippen molar-refractivity contribution < 1.29 is 17.6 Å². The molecule has 2 aromatic heterocycles. The van der Waals surface area contributed by atoms with Crippen LogP contribution in [0.5, 0.6) is 0 Å². The van der Waals surface area contributed by atoms with Gasteiger partial charge in [-0.15, -0.1) is 0 Å². The molecule has 34 heavy (non-hydrogen) atoms. The lowest BCUT2D eigenvalue weighted by molar-refractivity contribution is -0.116. The molecular weight excluding hydrogens is 459 g/mol. The zero-order valence-electron chi connectivity index (χ0n) is 18.2. The van der Waals surface area contributed by atoms with Gasteiger partial charge in [0.1, 0.15) is 12.4 Å². The summed E-state index contributed by atoms with van der Waals surface area (Å²) in [5.41, 5.74) is 1.27. The molecule has 8 nitrogen and oxygen atoms in total. The monoisotopic (exact) mass is 480 g/mol. The fraction of sp³-hybridized carbons (Fsp3) is 0.125. The van der Waals surface area contributed by atoms with Crippen molar-refractivity contribution in [2.75, 3.05) is 5.32 Å². The molecule has 0 saturated carbocycles. The van der Waals surface area contributed by atoms with Gasteiger partial charge in [0.25, 0.3) is 0 Å². The first-order valence-electron chi connectivity index (χ1n) is 10.3. The molecule has 0 aliphatic rings. The Morgan fingerprint density at radius 3 is 2.56 bits per heavy atom. The molecule has 0 unspecified atom stereocenters. The number of nitrogens with zero attached hydrogens (tertiary/aromatic N) is 2. The fourth-order valence-electron chi connectivity index (χ4n) is 3.54. The van der Waals surface area contributed by atoms with E-state index in [2.05, 4.69) is 15.0 Å². The summed E-state index contributed by atoms with van der Waals surface area (Å²) in [5.74, 6) is -1.05. The number of hydrogen-bond acceptors (Lipinski definition) is 5. The molecule has 0 saturated heterocycles. The Kier molecular flexibility index (Phi) is 6.53. The maximum Gasteiger partial charge on any atom is 0.244 e. The lowest BCUT2D eigenvalue weighted by atomic mass is 10.1. The van der Waals surface area contributed by atoms with Crippen LogP contribution in [0.4, 0.5) is 10.1 Å². The van der Waals surface area contributed by atoms with Crippen LogP contribution in [-0.4, -0.2) is 23.9 Å². The number of nitrogens with one attached hydrogen (secondary N) is 2. The Morgan fingerprint density at radius 1 is 1.09 bits per heavy atom. The van der Waals surface area contributed by atoms with E-state index in [0.717, 1.165) is 5.56 Å². The molecule has 0 atom stereocenters. The second kappa shape index (κ2) is 9.54. The number of sulfonamides is 1. The highest BCUT2D eigenvalue weighted by atomic mass is 32.2. The van der Waals surface area contributed by atoms with Crippen molar-refractivity contribution in [2.24, 2.45) is 0 Å². The van der Waals surface area contributed by atoms with Crippen LogP contribution in [0.25, 0.3) is 10.9 Å². The zero-order chi connectivity index (χ0) is 24.3. The van der Waals surface area contributed by atoms with Crippen LogP contribution in [0.15, 0.2) is 82.7 Å². The number of carbonyl (C=O) groups is 1. The Morgan fingerprint density at radius 2 is 1.85 bits per heavy atom. The molecule has 174 valence electrons. The van der Waals surface area contributed by atoms with E-state index in [9.17, 15) is 22.4 Å². The molecule has 0 fully saturated rings. The van der Waals surface area contributed by atoms with Gasteiger partial charge in [-0.2, -0.15) is 0 Å². The number of hydrogen-bond donors (Lipinski definition) is 2. The number of fused-ring (bicyclic) bond motifs is 1. The zero-order valence-corrected chi connectivity index (χ0v) is 19.0. The number of amides is 1. The first-order valence-corrected chi connectivity index (χ1v) is 11.8. The summed E-state index contributed by atoms with van der Waals surface area (Å²) >= 11 is 0. The number of pyridine rings is 2. The smallest absolute Gasteiger partial charge is 0.244 e. The second-order valence-corrected chi connectivity index (χ2v) is 9.40. The number of carbonyl (C=O) groups excluding carboxylic acids is 1. The predicted molar refractivity (Wildman–Crippen MR) is 126 cm³/mol. The topological polar surface area (TPSA) is 110 Å². The normalized spacial score (nSPS) is 11.5. The second-order valence-electron chi connectivity index (χ2n) is 7.63. The molecule has 10 heteroatoms. The minimum Gasteiger partial charge on any atom is -0.333 e. The predicted octanol–water partition coefficient (Wildman–Crippen LogP) is 2.96. The standard InChI is InChI=1S/C24H21FN4O4S/c1-16-12-22(30)20-5-2-6-21(25)24(20)29(16)15-23(31)28-18-7-9-19(10-8-18)34(32,33)27-14-17-4-3-11-26-13-17/h2-13,27H,14-15H2,1H3,(H,28,31). The molecule has 2 aromatic carbocycles. The van der Waals surface area contributed by atoms with Gasteiger partial charge in [-0.1, -0.05) is 12.1 Å². The van der Waals surface area contributed by atoms with Crippen LogP contribution in [0.2, 0.25) is 0 Å². The largest absolute Gasteiger partial charge is 0.333 e. The summed E-state index contributed by atoms with van der Waals surface area (Å²) in [6, 6.07) is 14.7.